The SMILES string of the molecule is [C-]#[N+]CCc1ccc(N(CCc2ccc(OC(C)(C)C(=O)O)cc2)Cc2ccc(OC(F)(F)F)cc2)nc1. The molecule has 200 valence electrons. The maximum atomic E-state index is 12.5. The lowest BCUT2D eigenvalue weighted by Crippen LogP contribution is -2.37. The van der Waals surface area contributed by atoms with E-state index in [1.165, 1.54) is 26.0 Å². The van der Waals surface area contributed by atoms with Crippen molar-refractivity contribution in [3.05, 3.63) is 95.0 Å². The zero-order valence-corrected chi connectivity index (χ0v) is 21.0. The van der Waals surface area contributed by atoms with Gasteiger partial charge in [0.25, 0.3) is 0 Å². The van der Waals surface area contributed by atoms with Crippen molar-refractivity contribution in [1.29, 1.82) is 0 Å². The Hall–Kier alpha value is -4.26. The molecule has 0 unspecified atom stereocenters. The highest BCUT2D eigenvalue weighted by molar-refractivity contribution is 5.76. The van der Waals surface area contributed by atoms with Gasteiger partial charge in [-0.3, -0.25) is 0 Å². The Kier molecular flexibility index (Phi) is 9.18. The lowest BCUT2D eigenvalue weighted by Gasteiger charge is -2.25. The van der Waals surface area contributed by atoms with Gasteiger partial charge in [0, 0.05) is 25.7 Å². The molecule has 0 saturated carbocycles. The van der Waals surface area contributed by atoms with Gasteiger partial charge in [-0.1, -0.05) is 30.3 Å². The van der Waals surface area contributed by atoms with E-state index in [0.29, 0.717) is 44.0 Å². The van der Waals surface area contributed by atoms with Gasteiger partial charge in [0.1, 0.15) is 17.3 Å². The highest BCUT2D eigenvalue weighted by Gasteiger charge is 2.31. The largest absolute Gasteiger partial charge is 0.573 e. The van der Waals surface area contributed by atoms with Gasteiger partial charge in [-0.05, 0) is 67.3 Å². The zero-order chi connectivity index (χ0) is 27.8. The number of alkyl halides is 3. The third-order valence-electron chi connectivity index (χ3n) is 5.66. The molecule has 0 aliphatic carbocycles. The molecule has 10 heteroatoms. The molecule has 0 saturated heterocycles. The molecule has 1 N–H and O–H groups in total. The molecule has 0 radical (unpaired) electrons. The van der Waals surface area contributed by atoms with E-state index in [2.05, 4.69) is 14.6 Å². The summed E-state index contributed by atoms with van der Waals surface area (Å²) in [6.45, 7) is 11.2. The third kappa shape index (κ3) is 8.69. The summed E-state index contributed by atoms with van der Waals surface area (Å²) in [6.07, 6.45) is -1.80. The second-order valence-electron chi connectivity index (χ2n) is 9.08. The number of pyridine rings is 1. The zero-order valence-electron chi connectivity index (χ0n) is 21.0. The molecule has 7 nitrogen and oxygen atoms in total. The quantitative estimate of drug-likeness (QED) is 0.294. The average Bonchev–Trinajstić information content (AvgIpc) is 2.86. The van der Waals surface area contributed by atoms with Gasteiger partial charge >= 0.3 is 12.3 Å². The maximum absolute atomic E-state index is 12.5. The first-order valence-corrected chi connectivity index (χ1v) is 11.8. The first kappa shape index (κ1) is 28.3. The summed E-state index contributed by atoms with van der Waals surface area (Å²) in [7, 11) is 0. The molecule has 0 aliphatic rings. The van der Waals surface area contributed by atoms with Crippen molar-refractivity contribution < 1.29 is 32.5 Å². The highest BCUT2D eigenvalue weighted by Crippen LogP contribution is 2.24. The average molecular weight is 528 g/mol. The van der Waals surface area contributed by atoms with Gasteiger partial charge in [-0.2, -0.15) is 0 Å². The highest BCUT2D eigenvalue weighted by atomic mass is 19.4. The van der Waals surface area contributed by atoms with E-state index < -0.39 is 17.9 Å². The summed E-state index contributed by atoms with van der Waals surface area (Å²) in [6, 6.07) is 16.6. The van der Waals surface area contributed by atoms with Crippen LogP contribution >= 0.6 is 0 Å². The van der Waals surface area contributed by atoms with Crippen LogP contribution in [0.15, 0.2) is 66.9 Å². The Morgan fingerprint density at radius 2 is 1.50 bits per heavy atom. The molecule has 3 rings (SSSR count). The first-order chi connectivity index (χ1) is 17.9. The number of rotatable bonds is 12. The Bertz CT molecular complexity index is 1240. The number of aromatic nitrogens is 1. The molecule has 1 aromatic heterocycles. The fraction of sp³-hybridized carbons (Fsp3) is 0.321. The fourth-order valence-electron chi connectivity index (χ4n) is 3.55. The van der Waals surface area contributed by atoms with Crippen LogP contribution < -0.4 is 14.4 Å². The predicted molar refractivity (Wildman–Crippen MR) is 136 cm³/mol. The van der Waals surface area contributed by atoms with E-state index in [9.17, 15) is 23.1 Å². The number of hydrogen-bond donors (Lipinski definition) is 1. The van der Waals surface area contributed by atoms with E-state index in [-0.39, 0.29) is 5.75 Å². The number of carboxylic acid groups (broad SMARTS) is 1. The molecule has 1 heterocycles. The molecule has 0 bridgehead atoms. The lowest BCUT2D eigenvalue weighted by atomic mass is 10.1. The van der Waals surface area contributed by atoms with Gasteiger partial charge in [0.05, 0.1) is 0 Å². The molecule has 38 heavy (non-hydrogen) atoms. The van der Waals surface area contributed by atoms with Gasteiger partial charge in [-0.25, -0.2) is 16.4 Å². The van der Waals surface area contributed by atoms with Crippen LogP contribution in [0.4, 0.5) is 19.0 Å². The number of carboxylic acids is 1. The van der Waals surface area contributed by atoms with Crippen LogP contribution in [0.2, 0.25) is 0 Å². The van der Waals surface area contributed by atoms with Crippen molar-refractivity contribution in [3.8, 4) is 11.5 Å². The van der Waals surface area contributed by atoms with E-state index in [4.69, 9.17) is 11.3 Å². The minimum atomic E-state index is -4.75. The summed E-state index contributed by atoms with van der Waals surface area (Å²) in [5.41, 5.74) is 1.35. The molecular formula is C28H28F3N3O4. The van der Waals surface area contributed by atoms with Crippen LogP contribution in [-0.4, -0.2) is 41.1 Å². The molecule has 0 spiro atoms. The molecule has 0 aliphatic heterocycles. The Morgan fingerprint density at radius 1 is 0.921 bits per heavy atom. The van der Waals surface area contributed by atoms with Gasteiger partial charge in [-0.15, -0.1) is 13.2 Å². The van der Waals surface area contributed by atoms with Crippen molar-refractivity contribution in [2.45, 2.75) is 45.2 Å². The Morgan fingerprint density at radius 3 is 2.03 bits per heavy atom. The fourth-order valence-corrected chi connectivity index (χ4v) is 3.55. The third-order valence-corrected chi connectivity index (χ3v) is 5.66. The number of nitrogens with zero attached hydrogens (tertiary/aromatic N) is 3. The first-order valence-electron chi connectivity index (χ1n) is 11.8. The van der Waals surface area contributed by atoms with Crippen molar-refractivity contribution in [2.24, 2.45) is 0 Å². The van der Waals surface area contributed by atoms with Crippen LogP contribution in [0, 0.1) is 6.57 Å². The summed E-state index contributed by atoms with van der Waals surface area (Å²) in [4.78, 5) is 21.2. The maximum Gasteiger partial charge on any atom is 0.573 e. The number of carbonyl (C=O) groups is 1. The molecule has 0 fully saturated rings. The number of hydrogen-bond acceptors (Lipinski definition) is 5. The summed E-state index contributed by atoms with van der Waals surface area (Å²) < 4.78 is 47.0. The van der Waals surface area contributed by atoms with E-state index >= 15 is 0 Å². The van der Waals surface area contributed by atoms with Crippen molar-refractivity contribution >= 4 is 11.8 Å². The number of ether oxygens (including phenoxy) is 2. The monoisotopic (exact) mass is 527 g/mol. The number of halogens is 3. The number of benzene rings is 2. The number of aliphatic carboxylic acids is 1. The molecule has 0 amide bonds. The van der Waals surface area contributed by atoms with E-state index in [1.807, 2.05) is 29.2 Å². The summed E-state index contributed by atoms with van der Waals surface area (Å²) in [5, 5.41) is 9.25. The van der Waals surface area contributed by atoms with Crippen LogP contribution in [0.25, 0.3) is 4.85 Å². The Balaban J connectivity index is 1.73. The Labute approximate surface area is 219 Å². The van der Waals surface area contributed by atoms with Crippen molar-refractivity contribution in [3.63, 3.8) is 0 Å². The van der Waals surface area contributed by atoms with Gasteiger partial charge in [0.15, 0.2) is 5.60 Å². The topological polar surface area (TPSA) is 76.3 Å². The molecule has 2 aromatic carbocycles. The van der Waals surface area contributed by atoms with Crippen molar-refractivity contribution in [1.82, 2.24) is 4.98 Å². The molecule has 3 aromatic rings. The summed E-state index contributed by atoms with van der Waals surface area (Å²) >= 11 is 0. The van der Waals surface area contributed by atoms with E-state index in [1.54, 1.807) is 30.5 Å². The predicted octanol–water partition coefficient (Wildman–Crippen LogP) is 5.93. The van der Waals surface area contributed by atoms with Crippen LogP contribution in [0.3, 0.4) is 0 Å². The lowest BCUT2D eigenvalue weighted by molar-refractivity contribution is -0.274. The normalized spacial score (nSPS) is 11.5. The van der Waals surface area contributed by atoms with Gasteiger partial charge in [0.2, 0.25) is 6.54 Å². The summed E-state index contributed by atoms with van der Waals surface area (Å²) in [5.74, 6) is -0.225. The second kappa shape index (κ2) is 12.3. The number of anilines is 1. The van der Waals surface area contributed by atoms with Crippen LogP contribution in [-0.2, 0) is 24.2 Å². The van der Waals surface area contributed by atoms with Crippen molar-refractivity contribution in [2.75, 3.05) is 18.0 Å². The molecular weight excluding hydrogens is 499 g/mol. The molecule has 0 atom stereocenters. The van der Waals surface area contributed by atoms with Gasteiger partial charge < -0.3 is 24.3 Å². The second-order valence-corrected chi connectivity index (χ2v) is 9.08. The minimum absolute atomic E-state index is 0.288. The minimum Gasteiger partial charge on any atom is -0.478 e. The van der Waals surface area contributed by atoms with Crippen LogP contribution in [0.5, 0.6) is 11.5 Å². The van der Waals surface area contributed by atoms with Crippen LogP contribution in [0.1, 0.15) is 30.5 Å². The smallest absolute Gasteiger partial charge is 0.478 e. The van der Waals surface area contributed by atoms with E-state index in [0.717, 1.165) is 16.7 Å². The standard InChI is InChI=1S/C28H28F3N3O4/c1-27(2,26(35)36)37-23-9-4-20(5-10-23)15-17-34(25-13-8-21(18-33-25)14-16-32-3)19-22-6-11-24(12-7-22)38-28(29,30)31/h4-13,18H,14-17,19H2,1-2H3,(H,35,36).